The van der Waals surface area contributed by atoms with Gasteiger partial charge in [0, 0.05) is 6.42 Å². The van der Waals surface area contributed by atoms with Crippen LogP contribution in [0.4, 0.5) is 0 Å². The smallest absolute Gasteiger partial charge is 0.220 e. The van der Waals surface area contributed by atoms with E-state index in [9.17, 15) is 15.0 Å². The molecule has 0 saturated heterocycles. The molecule has 2 atom stereocenters. The van der Waals surface area contributed by atoms with E-state index in [1.165, 1.54) is 103 Å². The van der Waals surface area contributed by atoms with E-state index in [1.807, 2.05) is 6.08 Å². The van der Waals surface area contributed by atoms with Crippen molar-refractivity contribution in [3.05, 3.63) is 85.1 Å². The highest BCUT2D eigenvalue weighted by molar-refractivity contribution is 5.76. The van der Waals surface area contributed by atoms with E-state index in [0.29, 0.717) is 6.42 Å². The van der Waals surface area contributed by atoms with Gasteiger partial charge in [0.05, 0.1) is 18.8 Å². The summed E-state index contributed by atoms with van der Waals surface area (Å²) in [6.45, 7) is 4.15. The van der Waals surface area contributed by atoms with Gasteiger partial charge in [-0.25, -0.2) is 0 Å². The second kappa shape index (κ2) is 42.0. The van der Waals surface area contributed by atoms with Gasteiger partial charge in [0.25, 0.3) is 0 Å². The van der Waals surface area contributed by atoms with Gasteiger partial charge >= 0.3 is 0 Å². The summed E-state index contributed by atoms with van der Waals surface area (Å²) in [5.41, 5.74) is 0. The monoisotopic (exact) mass is 708 g/mol. The molecule has 4 nitrogen and oxygen atoms in total. The Morgan fingerprint density at radius 3 is 1.37 bits per heavy atom. The van der Waals surface area contributed by atoms with E-state index in [0.717, 1.165) is 64.2 Å². The van der Waals surface area contributed by atoms with Gasteiger partial charge in [-0.3, -0.25) is 4.79 Å². The summed E-state index contributed by atoms with van der Waals surface area (Å²) >= 11 is 0. The minimum atomic E-state index is -0.866. The lowest BCUT2D eigenvalue weighted by atomic mass is 10.0. The van der Waals surface area contributed by atoms with Crippen molar-refractivity contribution in [2.24, 2.45) is 0 Å². The molecule has 0 aliphatic heterocycles. The van der Waals surface area contributed by atoms with E-state index in [-0.39, 0.29) is 12.5 Å². The Hall–Kier alpha value is -2.43. The Bertz CT molecular complexity index is 941. The van der Waals surface area contributed by atoms with Crippen LogP contribution in [-0.2, 0) is 4.79 Å². The molecular formula is C47H81NO3. The number of aliphatic hydroxyl groups excluding tert-OH is 2. The third-order valence-corrected chi connectivity index (χ3v) is 9.11. The van der Waals surface area contributed by atoms with Crippen molar-refractivity contribution in [1.82, 2.24) is 5.32 Å². The third-order valence-electron chi connectivity index (χ3n) is 9.11. The quantitative estimate of drug-likeness (QED) is 0.0445. The van der Waals surface area contributed by atoms with Gasteiger partial charge in [0.1, 0.15) is 0 Å². The molecule has 0 radical (unpaired) electrons. The summed E-state index contributed by atoms with van der Waals surface area (Å²) in [6.07, 6.45) is 61.2. The predicted molar refractivity (Wildman–Crippen MR) is 225 cm³/mol. The Morgan fingerprint density at radius 1 is 0.490 bits per heavy atom. The predicted octanol–water partition coefficient (Wildman–Crippen LogP) is 13.3. The van der Waals surface area contributed by atoms with Gasteiger partial charge in [0.2, 0.25) is 5.91 Å². The van der Waals surface area contributed by atoms with Crippen molar-refractivity contribution in [2.75, 3.05) is 6.61 Å². The molecular weight excluding hydrogens is 627 g/mol. The molecule has 0 rings (SSSR count). The zero-order valence-electron chi connectivity index (χ0n) is 33.3. The molecule has 0 bridgehead atoms. The van der Waals surface area contributed by atoms with Gasteiger partial charge in [0.15, 0.2) is 0 Å². The second-order valence-corrected chi connectivity index (χ2v) is 14.0. The molecule has 292 valence electrons. The molecule has 0 spiro atoms. The van der Waals surface area contributed by atoms with Crippen molar-refractivity contribution >= 4 is 5.91 Å². The summed E-state index contributed by atoms with van der Waals surface area (Å²) < 4.78 is 0. The summed E-state index contributed by atoms with van der Waals surface area (Å²) in [5, 5.41) is 22.9. The lowest BCUT2D eigenvalue weighted by Gasteiger charge is -2.19. The fourth-order valence-corrected chi connectivity index (χ4v) is 5.87. The van der Waals surface area contributed by atoms with Gasteiger partial charge < -0.3 is 15.5 Å². The molecule has 3 N–H and O–H groups in total. The van der Waals surface area contributed by atoms with Crippen molar-refractivity contribution in [1.29, 1.82) is 0 Å². The highest BCUT2D eigenvalue weighted by Gasteiger charge is 2.17. The van der Waals surface area contributed by atoms with Gasteiger partial charge in [-0.15, -0.1) is 0 Å². The SMILES string of the molecule is CC/C=C\C/C=C\C/C=C\C/C=C\C/C=C\CCCCCCCCCCCCCC(=O)NC(CO)C(O)/C=C/CC/C=C/CCCCCCCC. The van der Waals surface area contributed by atoms with E-state index in [4.69, 9.17) is 0 Å². The first kappa shape index (κ1) is 48.6. The lowest BCUT2D eigenvalue weighted by molar-refractivity contribution is -0.123. The van der Waals surface area contributed by atoms with E-state index >= 15 is 0 Å². The Balaban J connectivity index is 3.61. The van der Waals surface area contributed by atoms with Crippen LogP contribution in [0.15, 0.2) is 85.1 Å². The van der Waals surface area contributed by atoms with Crippen LogP contribution >= 0.6 is 0 Å². The summed E-state index contributed by atoms with van der Waals surface area (Å²) in [6, 6.07) is -0.643. The normalized spacial score (nSPS) is 13.9. The number of rotatable bonds is 37. The second-order valence-electron chi connectivity index (χ2n) is 14.0. The standard InChI is InChI=1S/C47H81NO3/c1-3-5-7-9-11-13-15-17-18-19-20-21-22-23-24-25-26-27-28-29-30-31-33-35-37-39-41-43-47(51)48-45(44-49)46(50)42-40-38-36-34-32-16-14-12-10-8-6-4-2/h5,7,11,13,17-18,20-21,23-24,32,34,40,42,45-46,49-50H,3-4,6,8-10,12,14-16,19,22,25-31,33,35-39,41,43-44H2,1-2H3,(H,48,51)/b7-5-,13-11-,18-17-,21-20-,24-23-,34-32+,42-40+. The van der Waals surface area contributed by atoms with Crippen molar-refractivity contribution in [2.45, 2.75) is 199 Å². The molecule has 0 aliphatic rings. The zero-order chi connectivity index (χ0) is 37.1. The average Bonchev–Trinajstić information content (AvgIpc) is 3.13. The maximum absolute atomic E-state index is 12.4. The average molecular weight is 708 g/mol. The number of hydrogen-bond acceptors (Lipinski definition) is 3. The Morgan fingerprint density at radius 2 is 0.882 bits per heavy atom. The van der Waals surface area contributed by atoms with Crippen LogP contribution in [0.1, 0.15) is 187 Å². The molecule has 0 fully saturated rings. The molecule has 4 heteroatoms. The largest absolute Gasteiger partial charge is 0.394 e. The number of unbranched alkanes of at least 4 members (excludes halogenated alkanes) is 18. The van der Waals surface area contributed by atoms with Crippen LogP contribution in [-0.4, -0.2) is 34.9 Å². The minimum Gasteiger partial charge on any atom is -0.394 e. The summed E-state index contributed by atoms with van der Waals surface area (Å²) in [7, 11) is 0. The molecule has 1 amide bonds. The van der Waals surface area contributed by atoms with E-state index < -0.39 is 12.1 Å². The zero-order valence-corrected chi connectivity index (χ0v) is 33.3. The first-order chi connectivity index (χ1) is 25.2. The van der Waals surface area contributed by atoms with Crippen LogP contribution in [0.5, 0.6) is 0 Å². The molecule has 0 aromatic carbocycles. The highest BCUT2D eigenvalue weighted by atomic mass is 16.3. The number of carbonyl (C=O) groups is 1. The van der Waals surface area contributed by atoms with E-state index in [1.54, 1.807) is 6.08 Å². The highest BCUT2D eigenvalue weighted by Crippen LogP contribution is 2.13. The Labute approximate surface area is 316 Å². The third kappa shape index (κ3) is 38.6. The number of aliphatic hydroxyl groups is 2. The number of carbonyl (C=O) groups excluding carboxylic acids is 1. The molecule has 0 aliphatic carbocycles. The van der Waals surface area contributed by atoms with Crippen molar-refractivity contribution in [3.63, 3.8) is 0 Å². The molecule has 0 aromatic rings. The fraction of sp³-hybridized carbons (Fsp3) is 0.681. The number of nitrogens with one attached hydrogen (secondary N) is 1. The minimum absolute atomic E-state index is 0.0829. The van der Waals surface area contributed by atoms with Crippen LogP contribution < -0.4 is 5.32 Å². The van der Waals surface area contributed by atoms with Gasteiger partial charge in [-0.05, 0) is 77.0 Å². The van der Waals surface area contributed by atoms with Crippen LogP contribution in [0.25, 0.3) is 0 Å². The van der Waals surface area contributed by atoms with Gasteiger partial charge in [-0.2, -0.15) is 0 Å². The maximum atomic E-state index is 12.4. The van der Waals surface area contributed by atoms with Crippen molar-refractivity contribution < 1.29 is 15.0 Å². The molecule has 2 unspecified atom stereocenters. The lowest BCUT2D eigenvalue weighted by Crippen LogP contribution is -2.45. The fourth-order valence-electron chi connectivity index (χ4n) is 5.87. The Kier molecular flexibility index (Phi) is 40.0. The van der Waals surface area contributed by atoms with Crippen LogP contribution in [0, 0.1) is 0 Å². The first-order valence-corrected chi connectivity index (χ1v) is 21.3. The summed E-state index contributed by atoms with van der Waals surface area (Å²) in [5.74, 6) is -0.0829. The number of hydrogen-bond donors (Lipinski definition) is 3. The summed E-state index contributed by atoms with van der Waals surface area (Å²) in [4.78, 5) is 12.4. The number of allylic oxidation sites excluding steroid dienone is 13. The van der Waals surface area contributed by atoms with Crippen molar-refractivity contribution in [3.8, 4) is 0 Å². The molecule has 0 saturated carbocycles. The van der Waals surface area contributed by atoms with E-state index in [2.05, 4.69) is 92.1 Å². The molecule has 51 heavy (non-hydrogen) atoms. The number of amides is 1. The first-order valence-electron chi connectivity index (χ1n) is 21.3. The molecule has 0 aromatic heterocycles. The van der Waals surface area contributed by atoms with Gasteiger partial charge in [-0.1, -0.05) is 189 Å². The maximum Gasteiger partial charge on any atom is 0.220 e. The molecule has 0 heterocycles. The van der Waals surface area contributed by atoms with Crippen LogP contribution in [0.3, 0.4) is 0 Å². The topological polar surface area (TPSA) is 69.6 Å². The van der Waals surface area contributed by atoms with Crippen LogP contribution in [0.2, 0.25) is 0 Å².